The van der Waals surface area contributed by atoms with Crippen molar-refractivity contribution in [2.45, 2.75) is 19.4 Å². The maximum Gasteiger partial charge on any atom is 0.225 e. The first-order chi connectivity index (χ1) is 14.3. The Morgan fingerprint density at radius 3 is 2.86 bits per heavy atom. The Labute approximate surface area is 169 Å². The molecule has 9 heteroatoms. The van der Waals surface area contributed by atoms with Crippen LogP contribution < -0.4 is 14.5 Å². The lowest BCUT2D eigenvalue weighted by Gasteiger charge is -2.36. The number of H-pyrrole nitrogens is 1. The van der Waals surface area contributed by atoms with Crippen LogP contribution in [0.15, 0.2) is 30.7 Å². The number of rotatable bonds is 4. The standard InChI is InChI=1S/C20H25N7O2/c1-14-12-27(20-22-13-23-25-20)6-4-17(14)29-19-15-3-2-5-21-16(15)11-18(24-19)26-7-9-28-10-8-26/h2-3,5,11,13-14,17H,4,6-10,12H2,1H3,(H,22,23,25)/t14-,17-/m0/s1. The highest BCUT2D eigenvalue weighted by Gasteiger charge is 2.30. The SMILES string of the molecule is C[C@H]1CN(c2ncn[nH]2)CC[C@@H]1Oc1nc(N2CCOCC2)cc2ncccc12. The predicted molar refractivity (Wildman–Crippen MR) is 109 cm³/mol. The molecule has 9 nitrogen and oxygen atoms in total. The molecule has 5 rings (SSSR count). The number of ether oxygens (including phenoxy) is 2. The molecule has 0 spiro atoms. The number of anilines is 2. The zero-order chi connectivity index (χ0) is 19.6. The molecule has 0 aliphatic carbocycles. The fourth-order valence-electron chi connectivity index (χ4n) is 4.06. The average Bonchev–Trinajstić information content (AvgIpc) is 3.30. The van der Waals surface area contributed by atoms with Crippen molar-refractivity contribution in [1.29, 1.82) is 0 Å². The third kappa shape index (κ3) is 3.69. The van der Waals surface area contributed by atoms with E-state index in [2.05, 4.69) is 36.9 Å². The summed E-state index contributed by atoms with van der Waals surface area (Å²) in [4.78, 5) is 18.2. The molecule has 0 saturated carbocycles. The number of hydrogen-bond donors (Lipinski definition) is 1. The first kappa shape index (κ1) is 18.1. The van der Waals surface area contributed by atoms with Gasteiger partial charge in [-0.3, -0.25) is 4.98 Å². The van der Waals surface area contributed by atoms with E-state index in [0.29, 0.717) is 11.8 Å². The van der Waals surface area contributed by atoms with E-state index in [9.17, 15) is 0 Å². The van der Waals surface area contributed by atoms with Gasteiger partial charge in [-0.15, -0.1) is 0 Å². The normalized spacial score (nSPS) is 22.8. The number of piperidine rings is 1. The molecule has 2 atom stereocenters. The Morgan fingerprint density at radius 2 is 2.07 bits per heavy atom. The zero-order valence-electron chi connectivity index (χ0n) is 16.5. The van der Waals surface area contributed by atoms with Gasteiger partial charge in [0.05, 0.1) is 24.1 Å². The lowest BCUT2D eigenvalue weighted by Crippen LogP contribution is -2.45. The molecule has 29 heavy (non-hydrogen) atoms. The van der Waals surface area contributed by atoms with Crippen LogP contribution in [0.2, 0.25) is 0 Å². The van der Waals surface area contributed by atoms with Crippen LogP contribution in [-0.2, 0) is 4.74 Å². The van der Waals surface area contributed by atoms with Gasteiger partial charge in [0.2, 0.25) is 11.8 Å². The molecule has 152 valence electrons. The largest absolute Gasteiger partial charge is 0.473 e. The third-order valence-corrected chi connectivity index (χ3v) is 5.68. The van der Waals surface area contributed by atoms with Crippen molar-refractivity contribution in [2.24, 2.45) is 5.92 Å². The number of nitrogens with one attached hydrogen (secondary N) is 1. The lowest BCUT2D eigenvalue weighted by molar-refractivity contribution is 0.116. The number of aromatic nitrogens is 5. The summed E-state index contributed by atoms with van der Waals surface area (Å²) in [5, 5.41) is 7.86. The Bertz CT molecular complexity index is 959. The minimum absolute atomic E-state index is 0.0880. The highest BCUT2D eigenvalue weighted by molar-refractivity contribution is 5.85. The van der Waals surface area contributed by atoms with Crippen molar-refractivity contribution in [1.82, 2.24) is 25.1 Å². The lowest BCUT2D eigenvalue weighted by atomic mass is 9.96. The summed E-state index contributed by atoms with van der Waals surface area (Å²) < 4.78 is 12.0. The minimum Gasteiger partial charge on any atom is -0.473 e. The quantitative estimate of drug-likeness (QED) is 0.716. The van der Waals surface area contributed by atoms with Gasteiger partial charge in [-0.2, -0.15) is 15.1 Å². The van der Waals surface area contributed by atoms with E-state index in [-0.39, 0.29) is 6.10 Å². The van der Waals surface area contributed by atoms with Crippen LogP contribution in [-0.4, -0.2) is 70.6 Å². The van der Waals surface area contributed by atoms with Gasteiger partial charge in [0, 0.05) is 50.8 Å². The molecule has 1 N–H and O–H groups in total. The second-order valence-corrected chi connectivity index (χ2v) is 7.63. The third-order valence-electron chi connectivity index (χ3n) is 5.68. The number of nitrogens with zero attached hydrogens (tertiary/aromatic N) is 6. The summed E-state index contributed by atoms with van der Waals surface area (Å²) in [7, 11) is 0. The molecule has 3 aromatic heterocycles. The second-order valence-electron chi connectivity index (χ2n) is 7.63. The molecule has 0 amide bonds. The molecule has 2 fully saturated rings. The van der Waals surface area contributed by atoms with Crippen molar-refractivity contribution < 1.29 is 9.47 Å². The fraction of sp³-hybridized carbons (Fsp3) is 0.500. The monoisotopic (exact) mass is 395 g/mol. The van der Waals surface area contributed by atoms with Gasteiger partial charge >= 0.3 is 0 Å². The summed E-state index contributed by atoms with van der Waals surface area (Å²) in [6.07, 6.45) is 4.34. The maximum absolute atomic E-state index is 6.50. The van der Waals surface area contributed by atoms with Crippen LogP contribution >= 0.6 is 0 Å². The molecular formula is C20H25N7O2. The maximum atomic E-state index is 6.50. The van der Waals surface area contributed by atoms with E-state index in [1.165, 1.54) is 0 Å². The zero-order valence-corrected chi connectivity index (χ0v) is 16.5. The average molecular weight is 395 g/mol. The van der Waals surface area contributed by atoms with Gasteiger partial charge in [-0.25, -0.2) is 5.10 Å². The Morgan fingerprint density at radius 1 is 1.17 bits per heavy atom. The molecule has 0 bridgehead atoms. The summed E-state index contributed by atoms with van der Waals surface area (Å²) >= 11 is 0. The molecule has 2 aliphatic heterocycles. The molecule has 3 aromatic rings. The van der Waals surface area contributed by atoms with E-state index < -0.39 is 0 Å². The van der Waals surface area contributed by atoms with E-state index in [0.717, 1.165) is 68.5 Å². The predicted octanol–water partition coefficient (Wildman–Crippen LogP) is 1.88. The number of pyridine rings is 2. The van der Waals surface area contributed by atoms with Crippen molar-refractivity contribution in [3.05, 3.63) is 30.7 Å². The minimum atomic E-state index is 0.0880. The summed E-state index contributed by atoms with van der Waals surface area (Å²) in [6.45, 7) is 7.03. The van der Waals surface area contributed by atoms with Crippen LogP contribution in [0.3, 0.4) is 0 Å². The number of morpholine rings is 1. The molecule has 0 radical (unpaired) electrons. The molecule has 0 unspecified atom stereocenters. The van der Waals surface area contributed by atoms with Crippen molar-refractivity contribution in [3.63, 3.8) is 0 Å². The van der Waals surface area contributed by atoms with Gasteiger partial charge in [-0.1, -0.05) is 6.92 Å². The van der Waals surface area contributed by atoms with Gasteiger partial charge < -0.3 is 19.3 Å². The first-order valence-electron chi connectivity index (χ1n) is 10.1. The highest BCUT2D eigenvalue weighted by Crippen LogP contribution is 2.31. The van der Waals surface area contributed by atoms with Crippen LogP contribution in [0.25, 0.3) is 10.9 Å². The van der Waals surface area contributed by atoms with Gasteiger partial charge in [0.15, 0.2) is 0 Å². The number of fused-ring (bicyclic) bond motifs is 1. The summed E-state index contributed by atoms with van der Waals surface area (Å²) in [6, 6.07) is 6.01. The topological polar surface area (TPSA) is 92.3 Å². The molecule has 2 saturated heterocycles. The van der Waals surface area contributed by atoms with Gasteiger partial charge in [0.25, 0.3) is 0 Å². The fourth-order valence-corrected chi connectivity index (χ4v) is 4.06. The van der Waals surface area contributed by atoms with Gasteiger partial charge in [-0.05, 0) is 12.1 Å². The molecular weight excluding hydrogens is 370 g/mol. The van der Waals surface area contributed by atoms with Crippen LogP contribution in [0, 0.1) is 5.92 Å². The van der Waals surface area contributed by atoms with Crippen LogP contribution in [0.5, 0.6) is 5.88 Å². The Balaban J connectivity index is 1.39. The molecule has 0 aromatic carbocycles. The highest BCUT2D eigenvalue weighted by atomic mass is 16.5. The van der Waals surface area contributed by atoms with Crippen molar-refractivity contribution in [2.75, 3.05) is 49.2 Å². The van der Waals surface area contributed by atoms with Crippen LogP contribution in [0.4, 0.5) is 11.8 Å². The summed E-state index contributed by atoms with van der Waals surface area (Å²) in [5.41, 5.74) is 0.908. The van der Waals surface area contributed by atoms with E-state index in [1.807, 2.05) is 24.4 Å². The Hall–Kier alpha value is -2.94. The first-order valence-corrected chi connectivity index (χ1v) is 10.1. The molecule has 2 aliphatic rings. The van der Waals surface area contributed by atoms with E-state index in [1.54, 1.807) is 6.33 Å². The van der Waals surface area contributed by atoms with Crippen LogP contribution in [0.1, 0.15) is 13.3 Å². The van der Waals surface area contributed by atoms with Crippen molar-refractivity contribution >= 4 is 22.7 Å². The molecule has 5 heterocycles. The smallest absolute Gasteiger partial charge is 0.225 e. The summed E-state index contributed by atoms with van der Waals surface area (Å²) in [5.74, 6) is 2.72. The second kappa shape index (κ2) is 7.82. The number of hydrogen-bond acceptors (Lipinski definition) is 8. The van der Waals surface area contributed by atoms with Crippen molar-refractivity contribution in [3.8, 4) is 5.88 Å². The van der Waals surface area contributed by atoms with Gasteiger partial charge in [0.1, 0.15) is 18.2 Å². The van der Waals surface area contributed by atoms with E-state index >= 15 is 0 Å². The number of aromatic amines is 1. The van der Waals surface area contributed by atoms with E-state index in [4.69, 9.17) is 14.5 Å². The Kier molecular flexibility index (Phi) is 4.89.